The molecule has 0 saturated carbocycles. The third-order valence-corrected chi connectivity index (χ3v) is 2.93. The number of rotatable bonds is 8. The average molecular weight is 329 g/mol. The van der Waals surface area contributed by atoms with Gasteiger partial charge in [0.25, 0.3) is 0 Å². The Kier molecular flexibility index (Phi) is 6.91. The molecule has 0 aromatic heterocycles. The summed E-state index contributed by atoms with van der Waals surface area (Å²) in [5.74, 6) is -0.585. The molecule has 0 aliphatic heterocycles. The second kappa shape index (κ2) is 8.19. The molecule has 1 aromatic carbocycles. The van der Waals surface area contributed by atoms with Gasteiger partial charge in [0.1, 0.15) is 0 Å². The van der Waals surface area contributed by atoms with E-state index in [1.165, 1.54) is 0 Å². The molecule has 5 heteroatoms. The van der Waals surface area contributed by atoms with E-state index in [1.807, 2.05) is 0 Å². The summed E-state index contributed by atoms with van der Waals surface area (Å²) in [6, 6.07) is 6.88. The number of hydrogen-bond acceptors (Lipinski definition) is 4. The van der Waals surface area contributed by atoms with Crippen molar-refractivity contribution < 1.29 is 19.1 Å². The normalized spacial score (nSPS) is 10.7. The highest BCUT2D eigenvalue weighted by Gasteiger charge is 2.22. The first-order valence-corrected chi connectivity index (χ1v) is 6.92. The Balaban J connectivity index is 2.64. The highest BCUT2D eigenvalue weighted by molar-refractivity contribution is 9.10. The minimum atomic E-state index is -0.950. The van der Waals surface area contributed by atoms with Gasteiger partial charge in [0.2, 0.25) is 6.29 Å². The Labute approximate surface area is 121 Å². The summed E-state index contributed by atoms with van der Waals surface area (Å²) in [7, 11) is 0. The zero-order valence-electron chi connectivity index (χ0n) is 11.0. The zero-order chi connectivity index (χ0) is 14.3. The van der Waals surface area contributed by atoms with Crippen molar-refractivity contribution in [2.24, 2.45) is 0 Å². The van der Waals surface area contributed by atoms with Crippen LogP contribution in [0.1, 0.15) is 30.6 Å². The highest BCUT2D eigenvalue weighted by atomic mass is 79.9. The zero-order valence-corrected chi connectivity index (χ0v) is 12.6. The number of carbonyl (C=O) groups is 2. The minimum Gasteiger partial charge on any atom is -0.346 e. The van der Waals surface area contributed by atoms with E-state index in [0.29, 0.717) is 18.8 Å². The van der Waals surface area contributed by atoms with Crippen molar-refractivity contribution in [2.75, 3.05) is 13.2 Å². The Morgan fingerprint density at radius 3 is 2.11 bits per heavy atom. The summed E-state index contributed by atoms with van der Waals surface area (Å²) >= 11 is 3.29. The Morgan fingerprint density at radius 2 is 1.63 bits per heavy atom. The summed E-state index contributed by atoms with van der Waals surface area (Å²) < 4.78 is 11.2. The second-order valence-corrected chi connectivity index (χ2v) is 4.73. The fourth-order valence-corrected chi connectivity index (χ4v) is 1.78. The van der Waals surface area contributed by atoms with Crippen LogP contribution in [0.2, 0.25) is 0 Å². The van der Waals surface area contributed by atoms with Gasteiger partial charge in [0, 0.05) is 23.2 Å². The smallest absolute Gasteiger partial charge is 0.218 e. The van der Waals surface area contributed by atoms with Gasteiger partial charge in [0.05, 0.1) is 6.42 Å². The molecule has 4 nitrogen and oxygen atoms in total. The number of Topliss-reactive ketones (excluding diaryl/α,β-unsaturated/α-hetero) is 2. The van der Waals surface area contributed by atoms with Gasteiger partial charge in [0.15, 0.2) is 11.6 Å². The first-order chi connectivity index (χ1) is 9.08. The van der Waals surface area contributed by atoms with Crippen LogP contribution in [-0.4, -0.2) is 31.1 Å². The van der Waals surface area contributed by atoms with Crippen molar-refractivity contribution in [1.82, 2.24) is 0 Å². The third kappa shape index (κ3) is 5.22. The van der Waals surface area contributed by atoms with Gasteiger partial charge >= 0.3 is 0 Å². The Hall–Kier alpha value is -1.04. The van der Waals surface area contributed by atoms with E-state index < -0.39 is 6.29 Å². The molecule has 0 spiro atoms. The van der Waals surface area contributed by atoms with Crippen molar-refractivity contribution in [2.45, 2.75) is 26.6 Å². The van der Waals surface area contributed by atoms with E-state index in [9.17, 15) is 9.59 Å². The van der Waals surface area contributed by atoms with Crippen LogP contribution in [0.5, 0.6) is 0 Å². The topological polar surface area (TPSA) is 52.6 Å². The molecular weight excluding hydrogens is 312 g/mol. The standard InChI is InChI=1S/C14H17BrO4/c1-3-18-14(19-4-2)13(17)9-12(16)10-5-7-11(15)8-6-10/h5-8,14H,3-4,9H2,1-2H3. The van der Waals surface area contributed by atoms with Gasteiger partial charge in [-0.15, -0.1) is 0 Å². The predicted octanol–water partition coefficient (Wildman–Crippen LogP) is 2.99. The van der Waals surface area contributed by atoms with Gasteiger partial charge < -0.3 is 9.47 Å². The molecule has 0 aliphatic carbocycles. The van der Waals surface area contributed by atoms with Crippen LogP contribution in [0.25, 0.3) is 0 Å². The number of ketones is 2. The summed E-state index contributed by atoms with van der Waals surface area (Å²) in [6.45, 7) is 4.28. The fraction of sp³-hybridized carbons (Fsp3) is 0.429. The summed E-state index contributed by atoms with van der Waals surface area (Å²) in [4.78, 5) is 23.8. The van der Waals surface area contributed by atoms with Crippen molar-refractivity contribution in [3.63, 3.8) is 0 Å². The number of ether oxygens (including phenoxy) is 2. The van der Waals surface area contributed by atoms with E-state index in [-0.39, 0.29) is 18.0 Å². The van der Waals surface area contributed by atoms with Crippen LogP contribution in [0.3, 0.4) is 0 Å². The summed E-state index contributed by atoms with van der Waals surface area (Å²) in [5, 5.41) is 0. The number of halogens is 1. The monoisotopic (exact) mass is 328 g/mol. The molecular formula is C14H17BrO4. The maximum Gasteiger partial charge on any atom is 0.218 e. The lowest BCUT2D eigenvalue weighted by molar-refractivity contribution is -0.166. The van der Waals surface area contributed by atoms with Crippen LogP contribution in [0.15, 0.2) is 28.7 Å². The van der Waals surface area contributed by atoms with E-state index in [2.05, 4.69) is 15.9 Å². The van der Waals surface area contributed by atoms with E-state index in [0.717, 1.165) is 4.47 Å². The van der Waals surface area contributed by atoms with Gasteiger partial charge in [-0.2, -0.15) is 0 Å². The SMILES string of the molecule is CCOC(OCC)C(=O)CC(=O)c1ccc(Br)cc1. The Morgan fingerprint density at radius 1 is 1.11 bits per heavy atom. The molecule has 0 saturated heterocycles. The quantitative estimate of drug-likeness (QED) is 0.418. The van der Waals surface area contributed by atoms with Gasteiger partial charge in [-0.1, -0.05) is 28.1 Å². The van der Waals surface area contributed by atoms with Crippen LogP contribution < -0.4 is 0 Å². The molecule has 0 amide bonds. The van der Waals surface area contributed by atoms with Crippen LogP contribution in [0.4, 0.5) is 0 Å². The van der Waals surface area contributed by atoms with Crippen molar-refractivity contribution in [3.8, 4) is 0 Å². The van der Waals surface area contributed by atoms with Gasteiger partial charge in [-0.25, -0.2) is 0 Å². The average Bonchev–Trinajstić information content (AvgIpc) is 2.39. The van der Waals surface area contributed by atoms with E-state index in [4.69, 9.17) is 9.47 Å². The molecule has 0 aliphatic rings. The molecule has 1 rings (SSSR count). The largest absolute Gasteiger partial charge is 0.346 e. The van der Waals surface area contributed by atoms with E-state index in [1.54, 1.807) is 38.1 Å². The highest BCUT2D eigenvalue weighted by Crippen LogP contribution is 2.13. The maximum absolute atomic E-state index is 11.9. The molecule has 0 atom stereocenters. The summed E-state index contributed by atoms with van der Waals surface area (Å²) in [6.07, 6.45) is -1.17. The molecule has 0 unspecified atom stereocenters. The van der Waals surface area contributed by atoms with Crippen molar-refractivity contribution in [1.29, 1.82) is 0 Å². The lowest BCUT2D eigenvalue weighted by Crippen LogP contribution is -2.29. The van der Waals surface area contributed by atoms with Crippen molar-refractivity contribution >= 4 is 27.5 Å². The first-order valence-electron chi connectivity index (χ1n) is 6.13. The van der Waals surface area contributed by atoms with Crippen molar-refractivity contribution in [3.05, 3.63) is 34.3 Å². The molecule has 0 radical (unpaired) electrons. The van der Waals surface area contributed by atoms with Crippen LogP contribution in [0, 0.1) is 0 Å². The molecule has 19 heavy (non-hydrogen) atoms. The second-order valence-electron chi connectivity index (χ2n) is 3.82. The van der Waals surface area contributed by atoms with Crippen LogP contribution >= 0.6 is 15.9 Å². The minimum absolute atomic E-state index is 0.216. The predicted molar refractivity (Wildman–Crippen MR) is 75.1 cm³/mol. The number of carbonyl (C=O) groups excluding carboxylic acids is 2. The molecule has 0 heterocycles. The van der Waals surface area contributed by atoms with Crippen LogP contribution in [-0.2, 0) is 14.3 Å². The molecule has 1 aromatic rings. The molecule has 0 fully saturated rings. The molecule has 0 bridgehead atoms. The lowest BCUT2D eigenvalue weighted by Gasteiger charge is -2.15. The number of hydrogen-bond donors (Lipinski definition) is 0. The fourth-order valence-electron chi connectivity index (χ4n) is 1.52. The summed E-state index contributed by atoms with van der Waals surface area (Å²) in [5.41, 5.74) is 0.503. The van der Waals surface area contributed by atoms with E-state index >= 15 is 0 Å². The van der Waals surface area contributed by atoms with Gasteiger partial charge in [-0.05, 0) is 26.0 Å². The Bertz CT molecular complexity index is 422. The molecule has 104 valence electrons. The van der Waals surface area contributed by atoms with Gasteiger partial charge in [-0.3, -0.25) is 9.59 Å². The third-order valence-electron chi connectivity index (χ3n) is 2.40. The first kappa shape index (κ1) is 16.0. The lowest BCUT2D eigenvalue weighted by atomic mass is 10.1. The number of benzene rings is 1. The molecule has 0 N–H and O–H groups in total. The maximum atomic E-state index is 11.9.